The van der Waals surface area contributed by atoms with Crippen LogP contribution < -0.4 is 9.47 Å². The van der Waals surface area contributed by atoms with Gasteiger partial charge in [-0.3, -0.25) is 4.98 Å². The molecule has 0 aliphatic carbocycles. The van der Waals surface area contributed by atoms with Crippen molar-refractivity contribution in [3.05, 3.63) is 54.7 Å². The van der Waals surface area contributed by atoms with Gasteiger partial charge in [0.05, 0.1) is 19.7 Å². The predicted octanol–water partition coefficient (Wildman–Crippen LogP) is 5.13. The second kappa shape index (κ2) is 5.56. The zero-order valence-electron chi connectivity index (χ0n) is 12.9. The zero-order chi connectivity index (χ0) is 15.8. The topological polar surface area (TPSA) is 31.4 Å². The van der Waals surface area contributed by atoms with E-state index in [9.17, 15) is 0 Å². The maximum atomic E-state index is 5.39. The summed E-state index contributed by atoms with van der Waals surface area (Å²) in [5.74, 6) is 1.51. The van der Waals surface area contributed by atoms with E-state index in [4.69, 9.17) is 9.47 Å². The molecule has 4 heteroatoms. The lowest BCUT2D eigenvalue weighted by Crippen LogP contribution is -1.89. The molecular formula is C19H15NO2S. The van der Waals surface area contributed by atoms with Gasteiger partial charge in [-0.1, -0.05) is 18.2 Å². The summed E-state index contributed by atoms with van der Waals surface area (Å²) in [5, 5.41) is 2.30. The molecule has 0 amide bonds. The fourth-order valence-corrected chi connectivity index (χ4v) is 3.77. The summed E-state index contributed by atoms with van der Waals surface area (Å²) >= 11 is 1.73. The molecule has 4 rings (SSSR count). The third-order valence-electron chi connectivity index (χ3n) is 3.90. The Morgan fingerprint density at radius 2 is 1.65 bits per heavy atom. The van der Waals surface area contributed by atoms with E-state index in [1.807, 2.05) is 36.5 Å². The van der Waals surface area contributed by atoms with Crippen LogP contribution in [-0.4, -0.2) is 19.2 Å². The monoisotopic (exact) mass is 321 g/mol. The van der Waals surface area contributed by atoms with Crippen LogP contribution in [0.15, 0.2) is 54.7 Å². The van der Waals surface area contributed by atoms with Crippen LogP contribution >= 0.6 is 11.3 Å². The SMILES string of the molecule is COc1cc2cc(-c3cnc4ccccc4c3)sc2cc1OC. The molecule has 0 saturated heterocycles. The summed E-state index contributed by atoms with van der Waals surface area (Å²) in [6, 6.07) is 16.6. The number of aromatic nitrogens is 1. The van der Waals surface area contributed by atoms with E-state index in [1.54, 1.807) is 25.6 Å². The highest BCUT2D eigenvalue weighted by Crippen LogP contribution is 2.40. The number of hydrogen-bond donors (Lipinski definition) is 0. The van der Waals surface area contributed by atoms with Crippen LogP contribution in [-0.2, 0) is 0 Å². The minimum atomic E-state index is 0.751. The van der Waals surface area contributed by atoms with Crippen molar-refractivity contribution in [1.29, 1.82) is 0 Å². The summed E-state index contributed by atoms with van der Waals surface area (Å²) in [7, 11) is 3.32. The summed E-state index contributed by atoms with van der Waals surface area (Å²) in [6.07, 6.45) is 1.93. The van der Waals surface area contributed by atoms with Gasteiger partial charge < -0.3 is 9.47 Å². The van der Waals surface area contributed by atoms with Gasteiger partial charge in [-0.2, -0.15) is 0 Å². The molecule has 0 unspecified atom stereocenters. The number of methoxy groups -OCH3 is 2. The van der Waals surface area contributed by atoms with E-state index < -0.39 is 0 Å². The van der Waals surface area contributed by atoms with Crippen LogP contribution in [0.2, 0.25) is 0 Å². The van der Waals surface area contributed by atoms with Crippen LogP contribution in [0.1, 0.15) is 0 Å². The Bertz CT molecular complexity index is 966. The number of ether oxygens (including phenoxy) is 2. The van der Waals surface area contributed by atoms with Gasteiger partial charge in [-0.05, 0) is 29.7 Å². The molecule has 0 saturated carbocycles. The zero-order valence-corrected chi connectivity index (χ0v) is 13.7. The van der Waals surface area contributed by atoms with Crippen LogP contribution in [0, 0.1) is 0 Å². The van der Waals surface area contributed by atoms with E-state index >= 15 is 0 Å². The maximum Gasteiger partial charge on any atom is 0.162 e. The number of nitrogens with zero attached hydrogens (tertiary/aromatic N) is 1. The molecule has 0 bridgehead atoms. The molecule has 0 atom stereocenters. The van der Waals surface area contributed by atoms with E-state index in [2.05, 4.69) is 23.2 Å². The number of fused-ring (bicyclic) bond motifs is 2. The first-order valence-electron chi connectivity index (χ1n) is 7.29. The van der Waals surface area contributed by atoms with E-state index in [0.29, 0.717) is 0 Å². The second-order valence-electron chi connectivity index (χ2n) is 5.27. The van der Waals surface area contributed by atoms with Gasteiger partial charge >= 0.3 is 0 Å². The Morgan fingerprint density at radius 1 is 0.870 bits per heavy atom. The average Bonchev–Trinajstić information content (AvgIpc) is 3.02. The highest BCUT2D eigenvalue weighted by molar-refractivity contribution is 7.22. The summed E-state index contributed by atoms with van der Waals surface area (Å²) in [6.45, 7) is 0. The Hall–Kier alpha value is -2.59. The standard InChI is InChI=1S/C19H15NO2S/c1-21-16-8-13-9-18(23-19(13)10-17(16)22-2)14-7-12-5-3-4-6-15(12)20-11-14/h3-11H,1-2H3. The van der Waals surface area contributed by atoms with E-state index in [0.717, 1.165) is 33.4 Å². The molecule has 0 aliphatic rings. The van der Waals surface area contributed by atoms with Gasteiger partial charge in [0.25, 0.3) is 0 Å². The van der Waals surface area contributed by atoms with Gasteiger partial charge in [0.1, 0.15) is 0 Å². The second-order valence-corrected chi connectivity index (χ2v) is 6.36. The van der Waals surface area contributed by atoms with Crippen molar-refractivity contribution >= 4 is 32.3 Å². The average molecular weight is 321 g/mol. The molecule has 0 radical (unpaired) electrons. The Balaban J connectivity index is 1.87. The molecule has 2 aromatic carbocycles. The number of hydrogen-bond acceptors (Lipinski definition) is 4. The van der Waals surface area contributed by atoms with Gasteiger partial charge in [0.15, 0.2) is 11.5 Å². The van der Waals surface area contributed by atoms with Crippen LogP contribution in [0.4, 0.5) is 0 Å². The summed E-state index contributed by atoms with van der Waals surface area (Å²) in [4.78, 5) is 5.74. The molecule has 0 spiro atoms. The third-order valence-corrected chi connectivity index (χ3v) is 5.04. The summed E-state index contributed by atoms with van der Waals surface area (Å²) < 4.78 is 11.9. The fourth-order valence-electron chi connectivity index (χ4n) is 2.71. The number of benzene rings is 2. The molecule has 0 N–H and O–H groups in total. The first-order chi connectivity index (χ1) is 11.3. The van der Waals surface area contributed by atoms with Crippen molar-refractivity contribution in [2.45, 2.75) is 0 Å². The van der Waals surface area contributed by atoms with Crippen LogP contribution in [0.25, 0.3) is 31.4 Å². The molecule has 3 nitrogen and oxygen atoms in total. The normalized spacial score (nSPS) is 11.0. The number of rotatable bonds is 3. The van der Waals surface area contributed by atoms with Crippen LogP contribution in [0.5, 0.6) is 11.5 Å². The highest BCUT2D eigenvalue weighted by Gasteiger charge is 2.11. The molecular weight excluding hydrogens is 306 g/mol. The van der Waals surface area contributed by atoms with Gasteiger partial charge in [-0.25, -0.2) is 0 Å². The van der Waals surface area contributed by atoms with Gasteiger partial charge in [0, 0.05) is 32.8 Å². The quantitative estimate of drug-likeness (QED) is 0.524. The molecule has 0 aliphatic heterocycles. The molecule has 0 fully saturated rings. The minimum absolute atomic E-state index is 0.751. The number of para-hydroxylation sites is 1. The van der Waals surface area contributed by atoms with E-state index in [-0.39, 0.29) is 0 Å². The predicted molar refractivity (Wildman–Crippen MR) is 95.7 cm³/mol. The van der Waals surface area contributed by atoms with Crippen LogP contribution in [0.3, 0.4) is 0 Å². The molecule has 4 aromatic rings. The fraction of sp³-hybridized carbons (Fsp3) is 0.105. The first kappa shape index (κ1) is 14.0. The number of pyridine rings is 1. The molecule has 23 heavy (non-hydrogen) atoms. The largest absolute Gasteiger partial charge is 0.493 e. The Kier molecular flexibility index (Phi) is 3.39. The lowest BCUT2D eigenvalue weighted by atomic mass is 10.1. The van der Waals surface area contributed by atoms with Gasteiger partial charge in [-0.15, -0.1) is 11.3 Å². The minimum Gasteiger partial charge on any atom is -0.493 e. The third kappa shape index (κ3) is 2.41. The lowest BCUT2D eigenvalue weighted by Gasteiger charge is -2.06. The lowest BCUT2D eigenvalue weighted by molar-refractivity contribution is 0.356. The highest BCUT2D eigenvalue weighted by atomic mass is 32.1. The first-order valence-corrected chi connectivity index (χ1v) is 8.11. The van der Waals surface area contributed by atoms with Crippen molar-refractivity contribution in [1.82, 2.24) is 4.98 Å². The smallest absolute Gasteiger partial charge is 0.162 e. The molecule has 2 heterocycles. The van der Waals surface area contributed by atoms with Gasteiger partial charge in [0.2, 0.25) is 0 Å². The van der Waals surface area contributed by atoms with Crippen molar-refractivity contribution < 1.29 is 9.47 Å². The van der Waals surface area contributed by atoms with Crippen molar-refractivity contribution in [3.8, 4) is 21.9 Å². The van der Waals surface area contributed by atoms with Crippen molar-refractivity contribution in [3.63, 3.8) is 0 Å². The maximum absolute atomic E-state index is 5.39. The molecule has 114 valence electrons. The van der Waals surface area contributed by atoms with Crippen molar-refractivity contribution in [2.24, 2.45) is 0 Å². The number of thiophene rings is 1. The molecule has 2 aromatic heterocycles. The Morgan fingerprint density at radius 3 is 2.48 bits per heavy atom. The van der Waals surface area contributed by atoms with E-state index in [1.165, 1.54) is 9.58 Å². The Labute approximate surface area is 138 Å². The summed E-state index contributed by atoms with van der Waals surface area (Å²) in [5.41, 5.74) is 2.14. The van der Waals surface area contributed by atoms with Crippen molar-refractivity contribution in [2.75, 3.05) is 14.2 Å².